The van der Waals surface area contributed by atoms with Crippen molar-refractivity contribution in [2.75, 3.05) is 47.9 Å². The van der Waals surface area contributed by atoms with Crippen molar-refractivity contribution in [1.29, 1.82) is 0 Å². The number of hydrogen-bond acceptors (Lipinski definition) is 7. The molecule has 1 saturated carbocycles. The second-order valence-corrected chi connectivity index (χ2v) is 10.6. The van der Waals surface area contributed by atoms with E-state index in [1.807, 2.05) is 13.8 Å². The number of benzene rings is 2. The van der Waals surface area contributed by atoms with Crippen LogP contribution in [0, 0.1) is 23.3 Å². The van der Waals surface area contributed by atoms with Gasteiger partial charge < -0.3 is 25.2 Å². The summed E-state index contributed by atoms with van der Waals surface area (Å²) in [5.74, 6) is -3.47. The molecule has 2 N–H and O–H groups in total. The minimum absolute atomic E-state index is 0.0668. The maximum absolute atomic E-state index is 15.3. The third kappa shape index (κ3) is 4.42. The van der Waals surface area contributed by atoms with Gasteiger partial charge in [-0.1, -0.05) is 0 Å². The van der Waals surface area contributed by atoms with Crippen LogP contribution in [0.25, 0.3) is 11.3 Å². The topological polar surface area (TPSA) is 65.6 Å². The van der Waals surface area contributed by atoms with Gasteiger partial charge in [0.15, 0.2) is 29.0 Å². The van der Waals surface area contributed by atoms with Crippen LogP contribution in [-0.2, 0) is 0 Å². The maximum Gasteiger partial charge on any atom is 0.228 e. The van der Waals surface area contributed by atoms with Crippen LogP contribution in [0.2, 0.25) is 0 Å². The summed E-state index contributed by atoms with van der Waals surface area (Å²) in [5, 5.41) is 5.83. The van der Waals surface area contributed by atoms with Crippen molar-refractivity contribution in [3.63, 3.8) is 0 Å². The molecule has 3 heterocycles. The van der Waals surface area contributed by atoms with Crippen LogP contribution in [-0.4, -0.2) is 54.3 Å². The molecule has 0 bridgehead atoms. The number of hydrogen-bond donors (Lipinski definition) is 2. The van der Waals surface area contributed by atoms with Gasteiger partial charge in [0.1, 0.15) is 12.3 Å². The molecule has 3 aromatic rings. The van der Waals surface area contributed by atoms with E-state index >= 15 is 4.39 Å². The van der Waals surface area contributed by atoms with Gasteiger partial charge in [0.25, 0.3) is 0 Å². The standard InChI is InChI=1S/C28H30F4N6O/c1-16(2)38-22-13-17(12-18(29)26(22)39-15-28(38)6-3-7-28)25-19(30)14-34-27(36-25)35-20-4-5-21(24(32)23(20)31)37-10-8-33-9-11-37/h4-5,12-14,16,33H,3,6-11,15H2,1-2H3,(H,34,35,36). The van der Waals surface area contributed by atoms with Crippen molar-refractivity contribution < 1.29 is 22.3 Å². The van der Waals surface area contributed by atoms with Crippen LogP contribution in [0.4, 0.5) is 40.6 Å². The number of aromatic nitrogens is 2. The Kier molecular flexibility index (Phi) is 6.49. The van der Waals surface area contributed by atoms with Crippen molar-refractivity contribution in [3.8, 4) is 17.0 Å². The average Bonchev–Trinajstić information content (AvgIpc) is 2.91. The van der Waals surface area contributed by atoms with Gasteiger partial charge in [-0.15, -0.1) is 0 Å². The Morgan fingerprint density at radius 3 is 2.46 bits per heavy atom. The SMILES string of the molecule is CC(C)N1c2cc(-c3nc(Nc4ccc(N5CCNCC5)c(F)c4F)ncc3F)cc(F)c2OCC12CCC2. The summed E-state index contributed by atoms with van der Waals surface area (Å²) in [7, 11) is 0. The van der Waals surface area contributed by atoms with Crippen LogP contribution in [0.3, 0.4) is 0 Å². The van der Waals surface area contributed by atoms with E-state index in [2.05, 4.69) is 25.5 Å². The highest BCUT2D eigenvalue weighted by atomic mass is 19.2. The molecule has 1 aliphatic carbocycles. The predicted octanol–water partition coefficient (Wildman–Crippen LogP) is 5.38. The molecule has 0 radical (unpaired) electrons. The van der Waals surface area contributed by atoms with E-state index in [1.54, 1.807) is 11.0 Å². The lowest BCUT2D eigenvalue weighted by atomic mass is 9.74. The summed E-state index contributed by atoms with van der Waals surface area (Å²) in [6, 6.07) is 5.81. The summed E-state index contributed by atoms with van der Waals surface area (Å²) in [5.41, 5.74) is 0.361. The average molecular weight is 543 g/mol. The molecule has 11 heteroatoms. The Labute approximate surface area is 224 Å². The molecular weight excluding hydrogens is 512 g/mol. The number of fused-ring (bicyclic) bond motifs is 1. The molecule has 7 nitrogen and oxygen atoms in total. The molecule has 3 aliphatic rings. The van der Waals surface area contributed by atoms with Gasteiger partial charge in [0.2, 0.25) is 5.95 Å². The van der Waals surface area contributed by atoms with Crippen LogP contribution >= 0.6 is 0 Å². The van der Waals surface area contributed by atoms with Gasteiger partial charge in [0.05, 0.1) is 28.8 Å². The summed E-state index contributed by atoms with van der Waals surface area (Å²) in [6.07, 6.45) is 3.85. The fourth-order valence-electron chi connectivity index (χ4n) is 5.90. The van der Waals surface area contributed by atoms with E-state index < -0.39 is 23.3 Å². The first-order valence-corrected chi connectivity index (χ1v) is 13.3. The molecule has 39 heavy (non-hydrogen) atoms. The number of piperazine rings is 1. The maximum atomic E-state index is 15.3. The van der Waals surface area contributed by atoms with Gasteiger partial charge in [-0.2, -0.15) is 0 Å². The molecule has 6 rings (SSSR count). The highest BCUT2D eigenvalue weighted by molar-refractivity contribution is 5.74. The fraction of sp³-hybridized carbons (Fsp3) is 0.429. The molecule has 2 aromatic carbocycles. The van der Waals surface area contributed by atoms with E-state index in [0.29, 0.717) is 38.5 Å². The number of rotatable bonds is 5. The molecule has 1 saturated heterocycles. The highest BCUT2D eigenvalue weighted by Gasteiger charge is 2.48. The first-order chi connectivity index (χ1) is 18.8. The first kappa shape index (κ1) is 25.7. The molecule has 0 atom stereocenters. The van der Waals surface area contributed by atoms with Crippen molar-refractivity contribution in [1.82, 2.24) is 15.3 Å². The second kappa shape index (κ2) is 9.86. The van der Waals surface area contributed by atoms with E-state index in [9.17, 15) is 13.2 Å². The normalized spacial score (nSPS) is 18.1. The molecule has 2 aliphatic heterocycles. The summed E-state index contributed by atoms with van der Waals surface area (Å²) >= 11 is 0. The third-order valence-corrected chi connectivity index (χ3v) is 7.86. The summed E-state index contributed by atoms with van der Waals surface area (Å²) in [4.78, 5) is 12.1. The molecule has 206 valence electrons. The van der Waals surface area contributed by atoms with Crippen molar-refractivity contribution in [2.45, 2.75) is 44.7 Å². The largest absolute Gasteiger partial charge is 0.486 e. The Morgan fingerprint density at radius 1 is 1.00 bits per heavy atom. The van der Waals surface area contributed by atoms with Crippen molar-refractivity contribution in [3.05, 3.63) is 53.7 Å². The zero-order valence-corrected chi connectivity index (χ0v) is 21.8. The molecule has 0 unspecified atom stereocenters. The van der Waals surface area contributed by atoms with Crippen molar-refractivity contribution >= 4 is 23.0 Å². The Hall–Kier alpha value is -3.60. The number of ether oxygens (including phenoxy) is 1. The Morgan fingerprint density at radius 2 is 1.77 bits per heavy atom. The molecule has 1 aromatic heterocycles. The van der Waals surface area contributed by atoms with Crippen LogP contribution < -0.4 is 25.2 Å². The van der Waals surface area contributed by atoms with E-state index in [4.69, 9.17) is 4.74 Å². The summed E-state index contributed by atoms with van der Waals surface area (Å²) < 4.78 is 66.0. The minimum atomic E-state index is -1.09. The lowest BCUT2D eigenvalue weighted by Gasteiger charge is -2.55. The van der Waals surface area contributed by atoms with Crippen LogP contribution in [0.1, 0.15) is 33.1 Å². The zero-order valence-electron chi connectivity index (χ0n) is 21.8. The lowest BCUT2D eigenvalue weighted by Crippen LogP contribution is -2.62. The Balaban J connectivity index is 1.33. The van der Waals surface area contributed by atoms with E-state index in [1.165, 1.54) is 18.2 Å². The molecule has 2 fully saturated rings. The molecule has 1 spiro atoms. The van der Waals surface area contributed by atoms with Gasteiger partial charge in [-0.3, -0.25) is 0 Å². The minimum Gasteiger partial charge on any atom is -0.486 e. The smallest absolute Gasteiger partial charge is 0.228 e. The number of anilines is 4. The lowest BCUT2D eigenvalue weighted by molar-refractivity contribution is 0.105. The quantitative estimate of drug-likeness (QED) is 0.420. The van der Waals surface area contributed by atoms with Gasteiger partial charge in [0, 0.05) is 37.8 Å². The summed E-state index contributed by atoms with van der Waals surface area (Å²) in [6.45, 7) is 6.95. The van der Waals surface area contributed by atoms with Gasteiger partial charge >= 0.3 is 0 Å². The first-order valence-electron chi connectivity index (χ1n) is 13.3. The molecular formula is C28H30F4N6O. The predicted molar refractivity (Wildman–Crippen MR) is 142 cm³/mol. The fourth-order valence-corrected chi connectivity index (χ4v) is 5.90. The van der Waals surface area contributed by atoms with E-state index in [-0.39, 0.29) is 45.9 Å². The van der Waals surface area contributed by atoms with Crippen molar-refractivity contribution in [2.24, 2.45) is 0 Å². The van der Waals surface area contributed by atoms with Gasteiger partial charge in [-0.05, 0) is 57.4 Å². The number of nitrogens with one attached hydrogen (secondary N) is 2. The van der Waals surface area contributed by atoms with Crippen LogP contribution in [0.15, 0.2) is 30.5 Å². The second-order valence-electron chi connectivity index (χ2n) is 10.6. The van der Waals surface area contributed by atoms with Crippen LogP contribution in [0.5, 0.6) is 5.75 Å². The third-order valence-electron chi connectivity index (χ3n) is 7.86. The zero-order chi connectivity index (χ0) is 27.3. The number of nitrogens with zero attached hydrogens (tertiary/aromatic N) is 4. The monoisotopic (exact) mass is 542 g/mol. The highest BCUT2D eigenvalue weighted by Crippen LogP contribution is 2.50. The molecule has 0 amide bonds. The number of halogens is 4. The Bertz CT molecular complexity index is 1410. The van der Waals surface area contributed by atoms with E-state index in [0.717, 1.165) is 25.5 Å². The van der Waals surface area contributed by atoms with Gasteiger partial charge in [-0.25, -0.2) is 27.5 Å².